The molecular formula is C15H24N2O3. The summed E-state index contributed by atoms with van der Waals surface area (Å²) in [5, 5.41) is 12.7. The zero-order valence-corrected chi connectivity index (χ0v) is 12.4. The van der Waals surface area contributed by atoms with Gasteiger partial charge in [0.15, 0.2) is 0 Å². The van der Waals surface area contributed by atoms with E-state index in [0.717, 1.165) is 12.8 Å². The number of hydrogen-bond acceptors (Lipinski definition) is 4. The summed E-state index contributed by atoms with van der Waals surface area (Å²) in [4.78, 5) is 16.0. The summed E-state index contributed by atoms with van der Waals surface area (Å²) in [6.07, 6.45) is 2.77. The van der Waals surface area contributed by atoms with E-state index in [9.17, 15) is 9.90 Å². The number of aliphatic hydroxyl groups is 1. The van der Waals surface area contributed by atoms with Crippen LogP contribution in [0.3, 0.4) is 0 Å². The summed E-state index contributed by atoms with van der Waals surface area (Å²) < 4.78 is 5.22. The normalized spacial score (nSPS) is 12.2. The molecule has 0 saturated carbocycles. The largest absolute Gasteiger partial charge is 0.478 e. The van der Waals surface area contributed by atoms with Crippen LogP contribution >= 0.6 is 0 Å². The molecule has 112 valence electrons. The number of rotatable bonds is 8. The fourth-order valence-electron chi connectivity index (χ4n) is 2.05. The lowest BCUT2D eigenvalue weighted by Gasteiger charge is -2.20. The van der Waals surface area contributed by atoms with Crippen LogP contribution in [-0.4, -0.2) is 35.3 Å². The lowest BCUT2D eigenvalue weighted by molar-refractivity contribution is 0.0816. The highest BCUT2D eigenvalue weighted by molar-refractivity contribution is 5.93. The summed E-state index contributed by atoms with van der Waals surface area (Å²) in [7, 11) is 0. The van der Waals surface area contributed by atoms with Crippen LogP contribution in [0.25, 0.3) is 0 Å². The van der Waals surface area contributed by atoms with Crippen LogP contribution in [0, 0.1) is 5.92 Å². The van der Waals surface area contributed by atoms with Crippen molar-refractivity contribution in [3.05, 3.63) is 23.9 Å². The highest BCUT2D eigenvalue weighted by atomic mass is 16.5. The van der Waals surface area contributed by atoms with Crippen LogP contribution in [0.5, 0.6) is 5.88 Å². The zero-order valence-electron chi connectivity index (χ0n) is 12.4. The first-order valence-corrected chi connectivity index (χ1v) is 7.17. The van der Waals surface area contributed by atoms with Crippen LogP contribution in [-0.2, 0) is 0 Å². The molecule has 0 aliphatic heterocycles. The molecule has 5 heteroatoms. The van der Waals surface area contributed by atoms with Gasteiger partial charge in [-0.2, -0.15) is 0 Å². The van der Waals surface area contributed by atoms with E-state index in [0.29, 0.717) is 18.1 Å². The van der Waals surface area contributed by atoms with Crippen LogP contribution in [0.4, 0.5) is 0 Å². The Balaban J connectivity index is 2.50. The molecule has 0 aliphatic carbocycles. The van der Waals surface area contributed by atoms with Crippen molar-refractivity contribution in [3.8, 4) is 5.88 Å². The highest BCUT2D eigenvalue weighted by Gasteiger charge is 2.16. The van der Waals surface area contributed by atoms with Gasteiger partial charge in [-0.1, -0.05) is 26.7 Å². The first kappa shape index (κ1) is 16.4. The van der Waals surface area contributed by atoms with Crippen molar-refractivity contribution in [2.24, 2.45) is 5.92 Å². The maximum absolute atomic E-state index is 11.9. The molecule has 0 spiro atoms. The van der Waals surface area contributed by atoms with Crippen molar-refractivity contribution in [2.75, 3.05) is 13.2 Å². The molecule has 0 aliphatic rings. The van der Waals surface area contributed by atoms with Crippen LogP contribution in [0.2, 0.25) is 0 Å². The van der Waals surface area contributed by atoms with E-state index < -0.39 is 6.10 Å². The number of pyridine rings is 1. The van der Waals surface area contributed by atoms with E-state index in [1.807, 2.05) is 20.8 Å². The fourth-order valence-corrected chi connectivity index (χ4v) is 2.05. The summed E-state index contributed by atoms with van der Waals surface area (Å²) in [6.45, 7) is 6.76. The Labute approximate surface area is 120 Å². The molecule has 1 unspecified atom stereocenters. The van der Waals surface area contributed by atoms with E-state index in [4.69, 9.17) is 4.74 Å². The van der Waals surface area contributed by atoms with Crippen LogP contribution in [0.15, 0.2) is 18.3 Å². The number of aromatic nitrogens is 1. The maximum atomic E-state index is 11.9. The third-order valence-electron chi connectivity index (χ3n) is 3.36. The SMILES string of the molecule is CCOc1ccc(C(=O)NCC(O)C(CC)CC)cn1. The number of amides is 1. The van der Waals surface area contributed by atoms with Gasteiger partial charge in [-0.05, 0) is 18.9 Å². The molecule has 0 fully saturated rings. The van der Waals surface area contributed by atoms with Gasteiger partial charge in [-0.15, -0.1) is 0 Å². The Morgan fingerprint density at radius 1 is 1.35 bits per heavy atom. The third kappa shape index (κ3) is 4.81. The maximum Gasteiger partial charge on any atom is 0.252 e. The van der Waals surface area contributed by atoms with E-state index in [1.165, 1.54) is 6.20 Å². The lowest BCUT2D eigenvalue weighted by atomic mass is 9.96. The zero-order chi connectivity index (χ0) is 15.0. The number of carbonyl (C=O) groups is 1. The van der Waals surface area contributed by atoms with Gasteiger partial charge in [0.25, 0.3) is 5.91 Å². The number of nitrogens with one attached hydrogen (secondary N) is 1. The molecule has 1 aromatic rings. The average molecular weight is 280 g/mol. The monoisotopic (exact) mass is 280 g/mol. The first-order chi connectivity index (χ1) is 9.62. The predicted molar refractivity (Wildman–Crippen MR) is 77.8 cm³/mol. The van der Waals surface area contributed by atoms with Gasteiger partial charge >= 0.3 is 0 Å². The molecule has 20 heavy (non-hydrogen) atoms. The first-order valence-electron chi connectivity index (χ1n) is 7.17. The molecule has 5 nitrogen and oxygen atoms in total. The van der Waals surface area contributed by atoms with Gasteiger partial charge in [0.2, 0.25) is 5.88 Å². The Morgan fingerprint density at radius 3 is 2.55 bits per heavy atom. The summed E-state index contributed by atoms with van der Waals surface area (Å²) in [6, 6.07) is 3.33. The summed E-state index contributed by atoms with van der Waals surface area (Å²) in [5.41, 5.74) is 0.463. The lowest BCUT2D eigenvalue weighted by Crippen LogP contribution is -2.36. The van der Waals surface area contributed by atoms with Crippen molar-refractivity contribution < 1.29 is 14.6 Å². The minimum absolute atomic E-state index is 0.216. The van der Waals surface area contributed by atoms with E-state index in [1.54, 1.807) is 12.1 Å². The van der Waals surface area contributed by atoms with E-state index in [2.05, 4.69) is 10.3 Å². The quantitative estimate of drug-likeness (QED) is 0.764. The minimum atomic E-state index is -0.510. The smallest absolute Gasteiger partial charge is 0.252 e. The molecule has 0 saturated heterocycles. The van der Waals surface area contributed by atoms with Crippen LogP contribution < -0.4 is 10.1 Å². The predicted octanol–water partition coefficient (Wildman–Crippen LogP) is 2.01. The molecular weight excluding hydrogens is 256 g/mol. The highest BCUT2D eigenvalue weighted by Crippen LogP contribution is 2.12. The van der Waals surface area contributed by atoms with Crippen molar-refractivity contribution >= 4 is 5.91 Å². The minimum Gasteiger partial charge on any atom is -0.478 e. The second-order valence-corrected chi connectivity index (χ2v) is 4.67. The second-order valence-electron chi connectivity index (χ2n) is 4.67. The van der Waals surface area contributed by atoms with Crippen molar-refractivity contribution in [1.82, 2.24) is 10.3 Å². The number of aliphatic hydroxyl groups excluding tert-OH is 1. The van der Waals surface area contributed by atoms with Crippen molar-refractivity contribution in [1.29, 1.82) is 0 Å². The Bertz CT molecular complexity index is 402. The van der Waals surface area contributed by atoms with E-state index >= 15 is 0 Å². The molecule has 1 amide bonds. The molecule has 0 bridgehead atoms. The number of hydrogen-bond donors (Lipinski definition) is 2. The molecule has 1 heterocycles. The molecule has 1 aromatic heterocycles. The van der Waals surface area contributed by atoms with E-state index in [-0.39, 0.29) is 18.4 Å². The average Bonchev–Trinajstić information content (AvgIpc) is 2.47. The van der Waals surface area contributed by atoms with Crippen molar-refractivity contribution in [2.45, 2.75) is 39.7 Å². The number of carbonyl (C=O) groups excluding carboxylic acids is 1. The second kappa shape index (κ2) is 8.53. The van der Waals surface area contributed by atoms with Gasteiger partial charge in [0.1, 0.15) is 0 Å². The summed E-state index contributed by atoms with van der Waals surface area (Å²) >= 11 is 0. The van der Waals surface area contributed by atoms with Gasteiger partial charge < -0.3 is 15.2 Å². The third-order valence-corrected chi connectivity index (χ3v) is 3.36. The van der Waals surface area contributed by atoms with Crippen molar-refractivity contribution in [3.63, 3.8) is 0 Å². The number of ether oxygens (including phenoxy) is 1. The Kier molecular flexibility index (Phi) is 7.01. The summed E-state index contributed by atoms with van der Waals surface area (Å²) in [5.74, 6) is 0.487. The van der Waals surface area contributed by atoms with Gasteiger partial charge in [0.05, 0.1) is 18.3 Å². The standard InChI is InChI=1S/C15H24N2O3/c1-4-11(5-2)13(18)10-17-15(19)12-7-8-14(16-9-12)20-6-3/h7-9,11,13,18H,4-6,10H2,1-3H3,(H,17,19). The number of nitrogens with zero attached hydrogens (tertiary/aromatic N) is 1. The molecule has 0 radical (unpaired) electrons. The van der Waals surface area contributed by atoms with Gasteiger partial charge in [-0.3, -0.25) is 4.79 Å². The topological polar surface area (TPSA) is 71.5 Å². The Hall–Kier alpha value is -1.62. The van der Waals surface area contributed by atoms with Crippen LogP contribution in [0.1, 0.15) is 44.0 Å². The molecule has 0 aromatic carbocycles. The Morgan fingerprint density at radius 2 is 2.05 bits per heavy atom. The van der Waals surface area contributed by atoms with Gasteiger partial charge in [0, 0.05) is 18.8 Å². The molecule has 1 rings (SSSR count). The van der Waals surface area contributed by atoms with Gasteiger partial charge in [-0.25, -0.2) is 4.98 Å². The fraction of sp³-hybridized carbons (Fsp3) is 0.600. The molecule has 1 atom stereocenters. The molecule has 2 N–H and O–H groups in total.